The Morgan fingerprint density at radius 2 is 2.06 bits per heavy atom. The molecule has 2 heteroatoms. The fourth-order valence-electron chi connectivity index (χ4n) is 3.23. The summed E-state index contributed by atoms with van der Waals surface area (Å²) < 4.78 is 11.8. The Morgan fingerprint density at radius 3 is 2.82 bits per heavy atom. The van der Waals surface area contributed by atoms with E-state index in [1.807, 2.05) is 0 Å². The SMILES string of the molecule is C/C1=C/CC(C)(C)[C@H]2O[C@H]2C[C@]2(C)O[C@@H]2CC1. The van der Waals surface area contributed by atoms with Gasteiger partial charge in [-0.2, -0.15) is 0 Å². The molecule has 0 bridgehead atoms. The maximum absolute atomic E-state index is 5.89. The summed E-state index contributed by atoms with van der Waals surface area (Å²) in [5.74, 6) is 0. The highest BCUT2D eigenvalue weighted by Gasteiger charge is 2.59. The maximum Gasteiger partial charge on any atom is 0.0946 e. The largest absolute Gasteiger partial charge is 0.369 e. The summed E-state index contributed by atoms with van der Waals surface area (Å²) in [4.78, 5) is 0. The second-order valence-corrected chi connectivity index (χ2v) is 7.00. The molecule has 0 N–H and O–H groups in total. The average Bonchev–Trinajstić information content (AvgIpc) is 3.11. The van der Waals surface area contributed by atoms with Gasteiger partial charge in [-0.3, -0.25) is 0 Å². The smallest absolute Gasteiger partial charge is 0.0946 e. The molecule has 0 amide bonds. The third-order valence-electron chi connectivity index (χ3n) is 4.77. The molecule has 3 rings (SSSR count). The van der Waals surface area contributed by atoms with Crippen LogP contribution >= 0.6 is 0 Å². The van der Waals surface area contributed by atoms with Crippen molar-refractivity contribution in [3.63, 3.8) is 0 Å². The van der Waals surface area contributed by atoms with Gasteiger partial charge in [0.15, 0.2) is 0 Å². The number of allylic oxidation sites excluding steroid dienone is 2. The normalized spacial score (nSPS) is 51.3. The molecule has 0 spiro atoms. The van der Waals surface area contributed by atoms with Gasteiger partial charge in [0.2, 0.25) is 0 Å². The van der Waals surface area contributed by atoms with E-state index in [1.165, 1.54) is 18.4 Å². The number of rotatable bonds is 0. The molecule has 2 saturated heterocycles. The molecule has 2 nitrogen and oxygen atoms in total. The highest BCUT2D eigenvalue weighted by Crippen LogP contribution is 2.51. The summed E-state index contributed by atoms with van der Waals surface area (Å²) in [5.41, 5.74) is 1.90. The Bertz CT molecular complexity index is 358. The summed E-state index contributed by atoms with van der Waals surface area (Å²) in [5, 5.41) is 0. The fraction of sp³-hybridized carbons (Fsp3) is 0.867. The Balaban J connectivity index is 1.77. The van der Waals surface area contributed by atoms with Crippen molar-refractivity contribution >= 4 is 0 Å². The molecule has 0 radical (unpaired) electrons. The predicted octanol–water partition coefficient (Wildman–Crippen LogP) is 3.46. The first-order valence-corrected chi connectivity index (χ1v) is 6.90. The summed E-state index contributed by atoms with van der Waals surface area (Å²) in [6.45, 7) is 9.15. The lowest BCUT2D eigenvalue weighted by Crippen LogP contribution is -2.22. The lowest BCUT2D eigenvalue weighted by molar-refractivity contribution is 0.235. The Labute approximate surface area is 104 Å². The second-order valence-electron chi connectivity index (χ2n) is 7.00. The fourth-order valence-corrected chi connectivity index (χ4v) is 3.23. The van der Waals surface area contributed by atoms with E-state index in [1.54, 1.807) is 0 Å². The average molecular weight is 236 g/mol. The summed E-state index contributed by atoms with van der Waals surface area (Å²) in [6, 6.07) is 0. The quantitative estimate of drug-likeness (QED) is 0.475. The zero-order chi connectivity index (χ0) is 12.3. The van der Waals surface area contributed by atoms with E-state index >= 15 is 0 Å². The molecule has 0 aromatic carbocycles. The van der Waals surface area contributed by atoms with Gasteiger partial charge >= 0.3 is 0 Å². The number of hydrogen-bond acceptors (Lipinski definition) is 2. The van der Waals surface area contributed by atoms with Crippen molar-refractivity contribution < 1.29 is 9.47 Å². The predicted molar refractivity (Wildman–Crippen MR) is 67.9 cm³/mol. The van der Waals surface area contributed by atoms with Crippen molar-refractivity contribution in [2.45, 2.75) is 77.3 Å². The Kier molecular flexibility index (Phi) is 2.47. The van der Waals surface area contributed by atoms with Crippen LogP contribution in [0.25, 0.3) is 0 Å². The van der Waals surface area contributed by atoms with Crippen LogP contribution in [0, 0.1) is 5.41 Å². The zero-order valence-electron chi connectivity index (χ0n) is 11.5. The van der Waals surface area contributed by atoms with Gasteiger partial charge in [-0.25, -0.2) is 0 Å². The van der Waals surface area contributed by atoms with Crippen molar-refractivity contribution in [1.82, 2.24) is 0 Å². The minimum absolute atomic E-state index is 0.111. The van der Waals surface area contributed by atoms with Crippen molar-refractivity contribution in [3.8, 4) is 0 Å². The molecule has 3 aliphatic rings. The zero-order valence-corrected chi connectivity index (χ0v) is 11.5. The Morgan fingerprint density at radius 1 is 1.29 bits per heavy atom. The molecule has 0 saturated carbocycles. The molecule has 2 heterocycles. The standard InChI is InChI=1S/C15H24O2/c1-10-5-6-12-15(4,17-12)9-11-13(16-11)14(2,3)8-7-10/h7,11-13H,5-6,8-9H2,1-4H3/b10-7-/t11-,12+,13-,15-/m0/s1. The summed E-state index contributed by atoms with van der Waals surface area (Å²) in [7, 11) is 0. The van der Waals surface area contributed by atoms with Crippen LogP contribution in [0.4, 0.5) is 0 Å². The summed E-state index contributed by atoms with van der Waals surface area (Å²) >= 11 is 0. The molecule has 2 fully saturated rings. The first-order valence-electron chi connectivity index (χ1n) is 6.90. The van der Waals surface area contributed by atoms with Crippen LogP contribution in [-0.2, 0) is 9.47 Å². The molecule has 0 aromatic rings. The van der Waals surface area contributed by atoms with E-state index < -0.39 is 0 Å². The van der Waals surface area contributed by atoms with Gasteiger partial charge in [-0.15, -0.1) is 0 Å². The van der Waals surface area contributed by atoms with Gasteiger partial charge in [0.1, 0.15) is 0 Å². The minimum atomic E-state index is 0.111. The van der Waals surface area contributed by atoms with Crippen LogP contribution in [0.2, 0.25) is 0 Å². The van der Waals surface area contributed by atoms with E-state index in [2.05, 4.69) is 33.8 Å². The first kappa shape index (κ1) is 11.7. The topological polar surface area (TPSA) is 25.1 Å². The Hall–Kier alpha value is -0.340. The molecule has 17 heavy (non-hydrogen) atoms. The van der Waals surface area contributed by atoms with Crippen LogP contribution in [0.3, 0.4) is 0 Å². The molecular formula is C15H24O2. The highest BCUT2D eigenvalue weighted by atomic mass is 16.6. The number of fused-ring (bicyclic) bond motifs is 2. The first-order chi connectivity index (χ1) is 7.91. The van der Waals surface area contributed by atoms with Gasteiger partial charge in [0.05, 0.1) is 23.9 Å². The highest BCUT2D eigenvalue weighted by molar-refractivity contribution is 5.12. The number of epoxide rings is 2. The van der Waals surface area contributed by atoms with E-state index in [0.29, 0.717) is 18.3 Å². The van der Waals surface area contributed by atoms with Crippen molar-refractivity contribution in [1.29, 1.82) is 0 Å². The van der Waals surface area contributed by atoms with E-state index in [-0.39, 0.29) is 11.0 Å². The van der Waals surface area contributed by atoms with Crippen LogP contribution < -0.4 is 0 Å². The third kappa shape index (κ3) is 2.17. The molecule has 0 unspecified atom stereocenters. The van der Waals surface area contributed by atoms with Crippen molar-refractivity contribution in [2.24, 2.45) is 5.41 Å². The lowest BCUT2D eigenvalue weighted by Gasteiger charge is -2.21. The minimum Gasteiger partial charge on any atom is -0.369 e. The van der Waals surface area contributed by atoms with Crippen LogP contribution in [0.1, 0.15) is 53.4 Å². The van der Waals surface area contributed by atoms with Gasteiger partial charge in [0, 0.05) is 6.42 Å². The molecule has 2 aliphatic heterocycles. The lowest BCUT2D eigenvalue weighted by atomic mass is 9.82. The number of hydrogen-bond donors (Lipinski definition) is 0. The van der Waals surface area contributed by atoms with E-state index in [9.17, 15) is 0 Å². The van der Waals surface area contributed by atoms with Crippen LogP contribution in [0.5, 0.6) is 0 Å². The molecule has 4 atom stereocenters. The third-order valence-corrected chi connectivity index (χ3v) is 4.77. The molecule has 1 aliphatic carbocycles. The van der Waals surface area contributed by atoms with Crippen LogP contribution in [0.15, 0.2) is 11.6 Å². The van der Waals surface area contributed by atoms with Crippen molar-refractivity contribution in [3.05, 3.63) is 11.6 Å². The van der Waals surface area contributed by atoms with Crippen LogP contribution in [-0.4, -0.2) is 23.9 Å². The van der Waals surface area contributed by atoms with Crippen molar-refractivity contribution in [2.75, 3.05) is 0 Å². The van der Waals surface area contributed by atoms with E-state index in [0.717, 1.165) is 12.8 Å². The van der Waals surface area contributed by atoms with Gasteiger partial charge in [-0.1, -0.05) is 25.5 Å². The summed E-state index contributed by atoms with van der Waals surface area (Å²) in [6.07, 6.45) is 8.34. The van der Waals surface area contributed by atoms with Gasteiger partial charge in [0.25, 0.3) is 0 Å². The molecule has 0 aromatic heterocycles. The molecular weight excluding hydrogens is 212 g/mol. The van der Waals surface area contributed by atoms with Gasteiger partial charge < -0.3 is 9.47 Å². The maximum atomic E-state index is 5.89. The number of ether oxygens (including phenoxy) is 2. The molecule has 96 valence electrons. The van der Waals surface area contributed by atoms with Gasteiger partial charge in [-0.05, 0) is 38.5 Å². The second kappa shape index (κ2) is 3.58. The monoisotopic (exact) mass is 236 g/mol. The van der Waals surface area contributed by atoms with E-state index in [4.69, 9.17) is 9.47 Å².